The van der Waals surface area contributed by atoms with Crippen molar-refractivity contribution in [2.45, 2.75) is 32.7 Å². The second kappa shape index (κ2) is 5.15. The maximum absolute atomic E-state index is 12.1. The molecule has 1 atom stereocenters. The van der Waals surface area contributed by atoms with E-state index >= 15 is 0 Å². The molecule has 1 heterocycles. The zero-order valence-electron chi connectivity index (χ0n) is 9.86. The fraction of sp³-hybridized carbons (Fsp3) is 0.500. The summed E-state index contributed by atoms with van der Waals surface area (Å²) in [5, 5.41) is 0. The Kier molecular flexibility index (Phi) is 3.60. The monoisotopic (exact) mass is 217 g/mol. The normalized spacial score (nSPS) is 21.9. The third-order valence-electron chi connectivity index (χ3n) is 3.26. The number of hydrogen-bond donors (Lipinski definition) is 0. The molecule has 2 nitrogen and oxygen atoms in total. The largest absolute Gasteiger partial charge is 0.338 e. The highest BCUT2D eigenvalue weighted by atomic mass is 16.2. The van der Waals surface area contributed by atoms with Crippen LogP contribution in [0, 0.1) is 5.92 Å². The molecule has 2 heteroatoms. The average molecular weight is 217 g/mol. The molecule has 1 aliphatic heterocycles. The third-order valence-corrected chi connectivity index (χ3v) is 3.26. The van der Waals surface area contributed by atoms with Crippen molar-refractivity contribution in [3.8, 4) is 0 Å². The molecule has 86 valence electrons. The standard InChI is InChI=1S/C14H19NO/c1-12-7-5-6-10-15(14(12)16)11-13-8-3-2-4-9-13/h2-4,8-9,12H,5-7,10-11H2,1H3/t12-/m0/s1. The van der Waals surface area contributed by atoms with Crippen LogP contribution in [0.2, 0.25) is 0 Å². The number of likely N-dealkylation sites (tertiary alicyclic amines) is 1. The number of hydrogen-bond acceptors (Lipinski definition) is 1. The minimum atomic E-state index is 0.200. The Morgan fingerprint density at radius 1 is 1.25 bits per heavy atom. The Hall–Kier alpha value is -1.31. The molecular weight excluding hydrogens is 198 g/mol. The minimum Gasteiger partial charge on any atom is -0.338 e. The zero-order valence-corrected chi connectivity index (χ0v) is 9.86. The van der Waals surface area contributed by atoms with Crippen molar-refractivity contribution in [1.29, 1.82) is 0 Å². The van der Waals surface area contributed by atoms with Crippen molar-refractivity contribution in [3.05, 3.63) is 35.9 Å². The Morgan fingerprint density at radius 3 is 2.75 bits per heavy atom. The highest BCUT2D eigenvalue weighted by molar-refractivity contribution is 5.78. The molecule has 2 rings (SSSR count). The molecule has 1 fully saturated rings. The number of benzene rings is 1. The van der Waals surface area contributed by atoms with Crippen LogP contribution in [0.1, 0.15) is 31.7 Å². The molecule has 1 aromatic rings. The van der Waals surface area contributed by atoms with E-state index in [2.05, 4.69) is 12.1 Å². The van der Waals surface area contributed by atoms with Gasteiger partial charge < -0.3 is 4.90 Å². The number of rotatable bonds is 2. The quantitative estimate of drug-likeness (QED) is 0.746. The van der Waals surface area contributed by atoms with E-state index in [4.69, 9.17) is 0 Å². The van der Waals surface area contributed by atoms with Gasteiger partial charge in [0.2, 0.25) is 5.91 Å². The van der Waals surface area contributed by atoms with Crippen LogP contribution in [0.5, 0.6) is 0 Å². The molecule has 1 aromatic carbocycles. The van der Waals surface area contributed by atoms with E-state index in [9.17, 15) is 4.79 Å². The van der Waals surface area contributed by atoms with Crippen LogP contribution in [0.15, 0.2) is 30.3 Å². The van der Waals surface area contributed by atoms with Crippen molar-refractivity contribution in [3.63, 3.8) is 0 Å². The molecule has 0 bridgehead atoms. The molecule has 0 radical (unpaired) electrons. The first-order valence-electron chi connectivity index (χ1n) is 6.10. The van der Waals surface area contributed by atoms with Crippen molar-refractivity contribution in [1.82, 2.24) is 4.90 Å². The highest BCUT2D eigenvalue weighted by Crippen LogP contribution is 2.19. The van der Waals surface area contributed by atoms with Gasteiger partial charge in [-0.2, -0.15) is 0 Å². The second-order valence-corrected chi connectivity index (χ2v) is 4.64. The van der Waals surface area contributed by atoms with E-state index < -0.39 is 0 Å². The minimum absolute atomic E-state index is 0.200. The van der Waals surface area contributed by atoms with Crippen LogP contribution in [-0.2, 0) is 11.3 Å². The zero-order chi connectivity index (χ0) is 11.4. The molecule has 1 saturated heterocycles. The highest BCUT2D eigenvalue weighted by Gasteiger charge is 2.22. The lowest BCUT2D eigenvalue weighted by molar-refractivity contribution is -0.134. The molecule has 1 aliphatic rings. The predicted octanol–water partition coefficient (Wildman–Crippen LogP) is 2.84. The van der Waals surface area contributed by atoms with Crippen LogP contribution in [0.4, 0.5) is 0 Å². The van der Waals surface area contributed by atoms with Gasteiger partial charge in [-0.15, -0.1) is 0 Å². The van der Waals surface area contributed by atoms with Crippen molar-refractivity contribution >= 4 is 5.91 Å². The van der Waals surface area contributed by atoms with Gasteiger partial charge in [0.25, 0.3) is 0 Å². The molecule has 16 heavy (non-hydrogen) atoms. The Balaban J connectivity index is 2.05. The van der Waals surface area contributed by atoms with Gasteiger partial charge in [-0.1, -0.05) is 43.7 Å². The molecule has 0 aliphatic carbocycles. The van der Waals surface area contributed by atoms with Crippen LogP contribution in [0.3, 0.4) is 0 Å². The lowest BCUT2D eigenvalue weighted by atomic mass is 10.1. The van der Waals surface area contributed by atoms with E-state index in [-0.39, 0.29) is 5.92 Å². The first-order valence-corrected chi connectivity index (χ1v) is 6.10. The van der Waals surface area contributed by atoms with Gasteiger partial charge >= 0.3 is 0 Å². The first kappa shape index (κ1) is 11.2. The van der Waals surface area contributed by atoms with Crippen LogP contribution in [0.25, 0.3) is 0 Å². The van der Waals surface area contributed by atoms with Gasteiger partial charge in [0.1, 0.15) is 0 Å². The molecular formula is C14H19NO. The van der Waals surface area contributed by atoms with Gasteiger partial charge in [-0.05, 0) is 18.4 Å². The Labute approximate surface area is 97.3 Å². The molecule has 0 spiro atoms. The summed E-state index contributed by atoms with van der Waals surface area (Å²) in [6.07, 6.45) is 3.37. The summed E-state index contributed by atoms with van der Waals surface area (Å²) in [5.74, 6) is 0.521. The summed E-state index contributed by atoms with van der Waals surface area (Å²) in [6.45, 7) is 3.73. The van der Waals surface area contributed by atoms with E-state index in [1.807, 2.05) is 30.0 Å². The van der Waals surface area contributed by atoms with E-state index in [1.54, 1.807) is 0 Å². The van der Waals surface area contributed by atoms with E-state index in [0.717, 1.165) is 25.9 Å². The number of nitrogens with zero attached hydrogens (tertiary/aromatic N) is 1. The van der Waals surface area contributed by atoms with Crippen LogP contribution >= 0.6 is 0 Å². The third kappa shape index (κ3) is 2.63. The molecule has 0 aromatic heterocycles. The lowest BCUT2D eigenvalue weighted by Gasteiger charge is -2.22. The van der Waals surface area contributed by atoms with Gasteiger partial charge in [-0.3, -0.25) is 4.79 Å². The van der Waals surface area contributed by atoms with Gasteiger partial charge in [0.05, 0.1) is 0 Å². The Morgan fingerprint density at radius 2 is 2.00 bits per heavy atom. The fourth-order valence-electron chi connectivity index (χ4n) is 2.26. The fourth-order valence-corrected chi connectivity index (χ4v) is 2.26. The number of carbonyl (C=O) groups is 1. The second-order valence-electron chi connectivity index (χ2n) is 4.64. The summed E-state index contributed by atoms with van der Waals surface area (Å²) < 4.78 is 0. The lowest BCUT2D eigenvalue weighted by Crippen LogP contribution is -2.33. The molecule has 0 unspecified atom stereocenters. The van der Waals surface area contributed by atoms with Gasteiger partial charge in [-0.25, -0.2) is 0 Å². The van der Waals surface area contributed by atoms with Crippen molar-refractivity contribution < 1.29 is 4.79 Å². The van der Waals surface area contributed by atoms with E-state index in [1.165, 1.54) is 12.0 Å². The predicted molar refractivity (Wildman–Crippen MR) is 64.9 cm³/mol. The number of carbonyl (C=O) groups excluding carboxylic acids is 1. The summed E-state index contributed by atoms with van der Waals surface area (Å²) in [6, 6.07) is 10.2. The van der Waals surface area contributed by atoms with Crippen molar-refractivity contribution in [2.24, 2.45) is 5.92 Å². The summed E-state index contributed by atoms with van der Waals surface area (Å²) in [5.41, 5.74) is 1.23. The summed E-state index contributed by atoms with van der Waals surface area (Å²) in [4.78, 5) is 14.1. The number of amides is 1. The van der Waals surface area contributed by atoms with Gasteiger partial charge in [0.15, 0.2) is 0 Å². The maximum atomic E-state index is 12.1. The average Bonchev–Trinajstić information content (AvgIpc) is 2.46. The molecule has 1 amide bonds. The molecule has 0 N–H and O–H groups in total. The first-order chi connectivity index (χ1) is 7.77. The topological polar surface area (TPSA) is 20.3 Å². The smallest absolute Gasteiger partial charge is 0.225 e. The molecule has 0 saturated carbocycles. The van der Waals surface area contributed by atoms with Crippen molar-refractivity contribution in [2.75, 3.05) is 6.54 Å². The van der Waals surface area contributed by atoms with Gasteiger partial charge in [0, 0.05) is 19.0 Å². The van der Waals surface area contributed by atoms with Crippen LogP contribution in [-0.4, -0.2) is 17.4 Å². The maximum Gasteiger partial charge on any atom is 0.225 e. The SMILES string of the molecule is C[C@H]1CCCCN(Cc2ccccc2)C1=O. The van der Waals surface area contributed by atoms with E-state index in [0.29, 0.717) is 5.91 Å². The Bertz CT molecular complexity index is 347. The van der Waals surface area contributed by atoms with Crippen LogP contribution < -0.4 is 0 Å². The summed E-state index contributed by atoms with van der Waals surface area (Å²) >= 11 is 0. The summed E-state index contributed by atoms with van der Waals surface area (Å²) in [7, 11) is 0.